The van der Waals surface area contributed by atoms with E-state index in [1.807, 2.05) is 6.92 Å². The summed E-state index contributed by atoms with van der Waals surface area (Å²) in [5, 5.41) is 17.2. The molecule has 14 heavy (non-hydrogen) atoms. The number of ether oxygens (including phenoxy) is 1. The lowest BCUT2D eigenvalue weighted by atomic mass is 10.1. The van der Waals surface area contributed by atoms with Gasteiger partial charge in [0.2, 0.25) is 0 Å². The molecule has 1 N–H and O–H groups in total. The fraction of sp³-hybridized carbons (Fsp3) is 0.364. The zero-order valence-electron chi connectivity index (χ0n) is 8.16. The lowest BCUT2D eigenvalue weighted by Gasteiger charge is -2.07. The molecule has 0 aliphatic carbocycles. The predicted octanol–water partition coefficient (Wildman–Crippen LogP) is 1.63. The van der Waals surface area contributed by atoms with Gasteiger partial charge in [-0.1, -0.05) is 0 Å². The quantitative estimate of drug-likeness (QED) is 0.736. The third-order valence-electron chi connectivity index (χ3n) is 1.86. The van der Waals surface area contributed by atoms with Crippen LogP contribution < -0.4 is 4.74 Å². The molecule has 1 aromatic rings. The molecule has 74 valence electrons. The van der Waals surface area contributed by atoms with E-state index in [2.05, 4.69) is 6.07 Å². The second-order valence-electron chi connectivity index (χ2n) is 3.02. The first-order valence-corrected chi connectivity index (χ1v) is 4.52. The van der Waals surface area contributed by atoms with Crippen LogP contribution in [0.2, 0.25) is 0 Å². The minimum atomic E-state index is 0.134. The summed E-state index contributed by atoms with van der Waals surface area (Å²) in [6.45, 7) is 2.54. The van der Waals surface area contributed by atoms with E-state index in [-0.39, 0.29) is 6.61 Å². The monoisotopic (exact) mass is 191 g/mol. The number of nitrogens with zero attached hydrogens (tertiary/aromatic N) is 1. The van der Waals surface area contributed by atoms with Gasteiger partial charge in [-0.05, 0) is 30.7 Å². The van der Waals surface area contributed by atoms with Gasteiger partial charge in [-0.25, -0.2) is 0 Å². The van der Waals surface area contributed by atoms with Gasteiger partial charge in [-0.3, -0.25) is 0 Å². The highest BCUT2D eigenvalue weighted by Gasteiger charge is 2.00. The number of rotatable bonds is 4. The summed E-state index contributed by atoms with van der Waals surface area (Å²) < 4.78 is 5.41. The van der Waals surface area contributed by atoms with Crippen molar-refractivity contribution < 1.29 is 9.84 Å². The Morgan fingerprint density at radius 2 is 2.29 bits per heavy atom. The van der Waals surface area contributed by atoms with Gasteiger partial charge < -0.3 is 9.84 Å². The fourth-order valence-corrected chi connectivity index (χ4v) is 1.13. The van der Waals surface area contributed by atoms with Crippen molar-refractivity contribution >= 4 is 0 Å². The maximum atomic E-state index is 8.64. The van der Waals surface area contributed by atoms with Crippen molar-refractivity contribution in [2.75, 3.05) is 13.2 Å². The highest BCUT2D eigenvalue weighted by molar-refractivity contribution is 5.41. The van der Waals surface area contributed by atoms with Crippen LogP contribution in [-0.4, -0.2) is 18.3 Å². The van der Waals surface area contributed by atoms with Crippen LogP contribution in [0.25, 0.3) is 0 Å². The molecule has 0 aliphatic rings. The van der Waals surface area contributed by atoms with Crippen molar-refractivity contribution in [2.24, 2.45) is 0 Å². The highest BCUT2D eigenvalue weighted by atomic mass is 16.5. The third-order valence-corrected chi connectivity index (χ3v) is 1.86. The molecule has 0 unspecified atom stereocenters. The second-order valence-corrected chi connectivity index (χ2v) is 3.02. The van der Waals surface area contributed by atoms with Crippen molar-refractivity contribution in [3.05, 3.63) is 29.3 Å². The Balaban J connectivity index is 2.65. The van der Waals surface area contributed by atoms with Crippen LogP contribution in [-0.2, 0) is 0 Å². The normalized spacial score (nSPS) is 9.50. The summed E-state index contributed by atoms with van der Waals surface area (Å²) in [5.41, 5.74) is 1.58. The standard InChI is InChI=1S/C11H13NO2/c1-9-7-10(8-12)3-4-11(9)14-6-2-5-13/h3-4,7,13H,2,5-6H2,1H3. The average molecular weight is 191 g/mol. The molecule has 0 radical (unpaired) electrons. The summed E-state index contributed by atoms with van der Waals surface area (Å²) in [7, 11) is 0. The Hall–Kier alpha value is -1.53. The molecule has 0 spiro atoms. The van der Waals surface area contributed by atoms with E-state index in [9.17, 15) is 0 Å². The van der Waals surface area contributed by atoms with E-state index in [1.165, 1.54) is 0 Å². The number of hydrogen-bond donors (Lipinski definition) is 1. The van der Waals surface area contributed by atoms with Crippen molar-refractivity contribution in [3.8, 4) is 11.8 Å². The van der Waals surface area contributed by atoms with E-state index in [1.54, 1.807) is 18.2 Å². The fourth-order valence-electron chi connectivity index (χ4n) is 1.13. The Morgan fingerprint density at radius 3 is 2.86 bits per heavy atom. The van der Waals surface area contributed by atoms with E-state index in [4.69, 9.17) is 15.1 Å². The molecule has 3 nitrogen and oxygen atoms in total. The average Bonchev–Trinajstić information content (AvgIpc) is 2.20. The maximum Gasteiger partial charge on any atom is 0.122 e. The molecule has 1 rings (SSSR count). The van der Waals surface area contributed by atoms with Crippen molar-refractivity contribution in [2.45, 2.75) is 13.3 Å². The number of aliphatic hydroxyl groups is 1. The van der Waals surface area contributed by atoms with Crippen LogP contribution in [0.15, 0.2) is 18.2 Å². The van der Waals surface area contributed by atoms with Crippen molar-refractivity contribution in [3.63, 3.8) is 0 Å². The van der Waals surface area contributed by atoms with E-state index in [0.29, 0.717) is 18.6 Å². The number of benzene rings is 1. The van der Waals surface area contributed by atoms with Crippen LogP contribution >= 0.6 is 0 Å². The lowest BCUT2D eigenvalue weighted by Crippen LogP contribution is -2.00. The van der Waals surface area contributed by atoms with Gasteiger partial charge >= 0.3 is 0 Å². The first-order valence-electron chi connectivity index (χ1n) is 4.52. The molecule has 3 heteroatoms. The number of aliphatic hydroxyl groups excluding tert-OH is 1. The molecular weight excluding hydrogens is 178 g/mol. The molecule has 0 saturated heterocycles. The van der Waals surface area contributed by atoms with Crippen molar-refractivity contribution in [1.82, 2.24) is 0 Å². The Bertz CT molecular complexity index is 342. The predicted molar refractivity (Wildman–Crippen MR) is 53.1 cm³/mol. The van der Waals surface area contributed by atoms with Gasteiger partial charge in [0.1, 0.15) is 5.75 Å². The van der Waals surface area contributed by atoms with Gasteiger partial charge in [0.25, 0.3) is 0 Å². The largest absolute Gasteiger partial charge is 0.493 e. The molecule has 1 aromatic carbocycles. The lowest BCUT2D eigenvalue weighted by molar-refractivity contribution is 0.233. The van der Waals surface area contributed by atoms with E-state index < -0.39 is 0 Å². The zero-order valence-corrected chi connectivity index (χ0v) is 8.16. The van der Waals surface area contributed by atoms with Crippen LogP contribution in [0.5, 0.6) is 5.75 Å². The van der Waals surface area contributed by atoms with E-state index >= 15 is 0 Å². The zero-order chi connectivity index (χ0) is 10.4. The van der Waals surface area contributed by atoms with Gasteiger partial charge in [0.05, 0.1) is 18.2 Å². The Labute approximate surface area is 83.6 Å². The topological polar surface area (TPSA) is 53.2 Å². The van der Waals surface area contributed by atoms with Gasteiger partial charge in [0, 0.05) is 13.0 Å². The number of aryl methyl sites for hydroxylation is 1. The minimum Gasteiger partial charge on any atom is -0.493 e. The molecule has 0 aliphatic heterocycles. The molecule has 0 fully saturated rings. The van der Waals surface area contributed by atoms with Gasteiger partial charge in [-0.2, -0.15) is 5.26 Å². The van der Waals surface area contributed by atoms with Crippen LogP contribution in [0.3, 0.4) is 0 Å². The molecule has 0 heterocycles. The molecule has 0 aromatic heterocycles. The van der Waals surface area contributed by atoms with Crippen LogP contribution in [0.4, 0.5) is 0 Å². The summed E-state index contributed by atoms with van der Waals surface area (Å²) in [5.74, 6) is 0.775. The summed E-state index contributed by atoms with van der Waals surface area (Å²) in [6.07, 6.45) is 0.624. The molecule has 0 bridgehead atoms. The second kappa shape index (κ2) is 5.25. The first kappa shape index (κ1) is 10.6. The SMILES string of the molecule is Cc1cc(C#N)ccc1OCCCO. The van der Waals surface area contributed by atoms with Crippen LogP contribution in [0.1, 0.15) is 17.5 Å². The molecular formula is C11H13NO2. The van der Waals surface area contributed by atoms with Gasteiger partial charge in [0.15, 0.2) is 0 Å². The minimum absolute atomic E-state index is 0.134. The molecule has 0 amide bonds. The molecule has 0 saturated carbocycles. The molecule has 0 atom stereocenters. The van der Waals surface area contributed by atoms with Crippen molar-refractivity contribution in [1.29, 1.82) is 5.26 Å². The summed E-state index contributed by atoms with van der Waals surface area (Å²) >= 11 is 0. The number of nitriles is 1. The Kier molecular flexibility index (Phi) is 3.96. The summed E-state index contributed by atoms with van der Waals surface area (Å²) in [6, 6.07) is 7.36. The Morgan fingerprint density at radius 1 is 1.50 bits per heavy atom. The third kappa shape index (κ3) is 2.75. The highest BCUT2D eigenvalue weighted by Crippen LogP contribution is 2.18. The first-order chi connectivity index (χ1) is 6.77. The number of hydrogen-bond acceptors (Lipinski definition) is 3. The van der Waals surface area contributed by atoms with Gasteiger partial charge in [-0.15, -0.1) is 0 Å². The van der Waals surface area contributed by atoms with E-state index in [0.717, 1.165) is 11.3 Å². The maximum absolute atomic E-state index is 8.64. The van der Waals surface area contributed by atoms with Crippen LogP contribution in [0, 0.1) is 18.3 Å². The smallest absolute Gasteiger partial charge is 0.122 e. The summed E-state index contributed by atoms with van der Waals surface area (Å²) in [4.78, 5) is 0.